The first kappa shape index (κ1) is 17.9. The Morgan fingerprint density at radius 2 is 1.92 bits per heavy atom. The molecule has 136 valence electrons. The third-order valence-electron chi connectivity index (χ3n) is 4.24. The Bertz CT molecular complexity index is 937. The lowest BCUT2D eigenvalue weighted by Gasteiger charge is -2.09. The van der Waals surface area contributed by atoms with Crippen molar-refractivity contribution in [1.82, 2.24) is 19.6 Å². The quantitative estimate of drug-likeness (QED) is 0.743. The molecule has 1 unspecified atom stereocenters. The highest BCUT2D eigenvalue weighted by atomic mass is 19.3. The van der Waals surface area contributed by atoms with Gasteiger partial charge in [0.2, 0.25) is 5.82 Å². The second kappa shape index (κ2) is 7.15. The number of anilines is 1. The molecule has 8 heteroatoms. The van der Waals surface area contributed by atoms with Crippen LogP contribution in [0.3, 0.4) is 0 Å². The van der Waals surface area contributed by atoms with E-state index < -0.39 is 12.3 Å². The summed E-state index contributed by atoms with van der Waals surface area (Å²) in [5.74, 6) is -0.389. The summed E-state index contributed by atoms with van der Waals surface area (Å²) in [6.45, 7) is 5.82. The van der Waals surface area contributed by atoms with Crippen molar-refractivity contribution >= 4 is 17.4 Å². The average molecular weight is 359 g/mol. The van der Waals surface area contributed by atoms with E-state index in [0.29, 0.717) is 17.3 Å². The zero-order valence-electron chi connectivity index (χ0n) is 14.7. The Morgan fingerprint density at radius 3 is 2.54 bits per heavy atom. The molecule has 0 fully saturated rings. The standard InChI is InChI=1S/C18H19F2N5O/c1-4-10(2)12-5-7-13(8-6-12)22-17(26)16-23-18-21-11(3)9-14(15(19)20)25(18)24-16/h5-10,15H,4H2,1-3H3,(H,22,26). The predicted molar refractivity (Wildman–Crippen MR) is 93.6 cm³/mol. The van der Waals surface area contributed by atoms with Gasteiger partial charge in [0, 0.05) is 11.4 Å². The van der Waals surface area contributed by atoms with E-state index in [1.54, 1.807) is 19.1 Å². The van der Waals surface area contributed by atoms with E-state index >= 15 is 0 Å². The predicted octanol–water partition coefficient (Wildman–Crippen LogP) is 4.14. The van der Waals surface area contributed by atoms with Gasteiger partial charge in [-0.25, -0.2) is 13.8 Å². The van der Waals surface area contributed by atoms with E-state index in [-0.39, 0.29) is 17.3 Å². The number of alkyl halides is 2. The maximum atomic E-state index is 13.1. The van der Waals surface area contributed by atoms with Gasteiger partial charge in [-0.2, -0.15) is 9.50 Å². The summed E-state index contributed by atoms with van der Waals surface area (Å²) >= 11 is 0. The van der Waals surface area contributed by atoms with Crippen LogP contribution in [-0.2, 0) is 0 Å². The smallest absolute Gasteiger partial charge is 0.295 e. The molecule has 0 aliphatic rings. The molecule has 0 spiro atoms. The second-order valence-corrected chi connectivity index (χ2v) is 6.16. The van der Waals surface area contributed by atoms with E-state index in [1.807, 2.05) is 12.1 Å². The summed E-state index contributed by atoms with van der Waals surface area (Å²) in [7, 11) is 0. The number of hydrogen-bond acceptors (Lipinski definition) is 4. The Morgan fingerprint density at radius 1 is 1.23 bits per heavy atom. The van der Waals surface area contributed by atoms with Crippen LogP contribution in [0.25, 0.3) is 5.78 Å². The molecule has 3 aromatic rings. The Labute approximate surface area is 149 Å². The summed E-state index contributed by atoms with van der Waals surface area (Å²) in [4.78, 5) is 20.4. The van der Waals surface area contributed by atoms with E-state index in [9.17, 15) is 13.6 Å². The molecule has 1 amide bonds. The largest absolute Gasteiger partial charge is 0.319 e. The van der Waals surface area contributed by atoms with Crippen molar-refractivity contribution in [1.29, 1.82) is 0 Å². The summed E-state index contributed by atoms with van der Waals surface area (Å²) in [6, 6.07) is 8.70. The van der Waals surface area contributed by atoms with Crippen LogP contribution < -0.4 is 5.32 Å². The molecule has 1 atom stereocenters. The lowest BCUT2D eigenvalue weighted by molar-refractivity contribution is 0.101. The molecular weight excluding hydrogens is 340 g/mol. The number of hydrogen-bond donors (Lipinski definition) is 1. The van der Waals surface area contributed by atoms with Gasteiger partial charge >= 0.3 is 0 Å². The molecule has 1 aromatic carbocycles. The van der Waals surface area contributed by atoms with Crippen molar-refractivity contribution in [2.75, 3.05) is 5.32 Å². The van der Waals surface area contributed by atoms with Gasteiger partial charge in [0.05, 0.1) is 0 Å². The third kappa shape index (κ3) is 3.54. The number of aromatic nitrogens is 4. The Hall–Kier alpha value is -2.90. The first-order valence-corrected chi connectivity index (χ1v) is 8.32. The summed E-state index contributed by atoms with van der Waals surface area (Å²) < 4.78 is 27.2. The number of nitrogens with one attached hydrogen (secondary N) is 1. The van der Waals surface area contributed by atoms with Crippen LogP contribution in [0.2, 0.25) is 0 Å². The van der Waals surface area contributed by atoms with Crippen LogP contribution in [-0.4, -0.2) is 25.5 Å². The molecule has 0 bridgehead atoms. The van der Waals surface area contributed by atoms with Gasteiger partial charge in [0.1, 0.15) is 5.69 Å². The van der Waals surface area contributed by atoms with Crippen molar-refractivity contribution in [2.24, 2.45) is 0 Å². The molecule has 2 aromatic heterocycles. The lowest BCUT2D eigenvalue weighted by atomic mass is 9.99. The summed E-state index contributed by atoms with van der Waals surface area (Å²) in [5.41, 5.74) is 1.79. The number of carbonyl (C=O) groups excluding carboxylic acids is 1. The molecule has 0 aliphatic carbocycles. The lowest BCUT2D eigenvalue weighted by Crippen LogP contribution is -2.14. The van der Waals surface area contributed by atoms with E-state index in [0.717, 1.165) is 10.9 Å². The fraction of sp³-hybridized carbons (Fsp3) is 0.333. The van der Waals surface area contributed by atoms with Crippen LogP contribution in [0.15, 0.2) is 30.3 Å². The Balaban J connectivity index is 1.85. The molecule has 0 aliphatic heterocycles. The highest BCUT2D eigenvalue weighted by Gasteiger charge is 2.20. The maximum Gasteiger partial charge on any atom is 0.295 e. The number of rotatable bonds is 5. The maximum absolute atomic E-state index is 13.1. The highest BCUT2D eigenvalue weighted by Crippen LogP contribution is 2.21. The van der Waals surface area contributed by atoms with Crippen molar-refractivity contribution < 1.29 is 13.6 Å². The van der Waals surface area contributed by atoms with E-state index in [2.05, 4.69) is 34.2 Å². The normalized spacial score (nSPS) is 12.5. The van der Waals surface area contributed by atoms with E-state index in [4.69, 9.17) is 0 Å². The molecule has 6 nitrogen and oxygen atoms in total. The fourth-order valence-corrected chi connectivity index (χ4v) is 2.58. The minimum atomic E-state index is -2.75. The number of aryl methyl sites for hydroxylation is 1. The average Bonchev–Trinajstić information content (AvgIpc) is 3.04. The van der Waals surface area contributed by atoms with Gasteiger partial charge in [-0.15, -0.1) is 5.10 Å². The Kier molecular flexibility index (Phi) is 4.92. The van der Waals surface area contributed by atoms with Crippen molar-refractivity contribution in [3.8, 4) is 0 Å². The van der Waals surface area contributed by atoms with Crippen LogP contribution in [0, 0.1) is 6.92 Å². The SMILES string of the molecule is CCC(C)c1ccc(NC(=O)c2nc3nc(C)cc(C(F)F)n3n2)cc1. The number of benzene rings is 1. The number of carbonyl (C=O) groups is 1. The fourth-order valence-electron chi connectivity index (χ4n) is 2.58. The molecule has 0 saturated heterocycles. The number of nitrogens with zero attached hydrogens (tertiary/aromatic N) is 4. The molecule has 2 heterocycles. The number of amides is 1. The second-order valence-electron chi connectivity index (χ2n) is 6.16. The summed E-state index contributed by atoms with van der Waals surface area (Å²) in [6.07, 6.45) is -1.72. The van der Waals surface area contributed by atoms with Gasteiger partial charge in [0.15, 0.2) is 0 Å². The van der Waals surface area contributed by atoms with Crippen LogP contribution in [0.1, 0.15) is 60.2 Å². The summed E-state index contributed by atoms with van der Waals surface area (Å²) in [5, 5.41) is 6.56. The zero-order valence-corrected chi connectivity index (χ0v) is 14.7. The molecular formula is C18H19F2N5O. The topological polar surface area (TPSA) is 72.2 Å². The number of fused-ring (bicyclic) bond motifs is 1. The van der Waals surface area contributed by atoms with Gasteiger partial charge in [-0.05, 0) is 43.0 Å². The van der Waals surface area contributed by atoms with Crippen molar-refractivity contribution in [3.63, 3.8) is 0 Å². The van der Waals surface area contributed by atoms with Crippen LogP contribution in [0.4, 0.5) is 14.5 Å². The van der Waals surface area contributed by atoms with Crippen LogP contribution >= 0.6 is 0 Å². The zero-order chi connectivity index (χ0) is 18.8. The third-order valence-corrected chi connectivity index (χ3v) is 4.24. The molecule has 1 N–H and O–H groups in total. The molecule has 26 heavy (non-hydrogen) atoms. The van der Waals surface area contributed by atoms with Gasteiger partial charge < -0.3 is 5.32 Å². The van der Waals surface area contributed by atoms with Crippen molar-refractivity contribution in [2.45, 2.75) is 39.5 Å². The number of halogens is 2. The monoisotopic (exact) mass is 359 g/mol. The van der Waals surface area contributed by atoms with Gasteiger partial charge in [0.25, 0.3) is 18.1 Å². The molecule has 0 radical (unpaired) electrons. The highest BCUT2D eigenvalue weighted by molar-refractivity contribution is 6.01. The molecule has 3 rings (SSSR count). The first-order chi connectivity index (χ1) is 12.4. The van der Waals surface area contributed by atoms with Crippen LogP contribution in [0.5, 0.6) is 0 Å². The first-order valence-electron chi connectivity index (χ1n) is 8.32. The minimum Gasteiger partial charge on any atom is -0.319 e. The van der Waals surface area contributed by atoms with Gasteiger partial charge in [-0.3, -0.25) is 4.79 Å². The van der Waals surface area contributed by atoms with E-state index in [1.165, 1.54) is 11.6 Å². The van der Waals surface area contributed by atoms with Crippen molar-refractivity contribution in [3.05, 3.63) is 53.1 Å². The molecule has 0 saturated carbocycles. The minimum absolute atomic E-state index is 0.0300. The van der Waals surface area contributed by atoms with Gasteiger partial charge in [-0.1, -0.05) is 26.0 Å².